The lowest BCUT2D eigenvalue weighted by Gasteiger charge is -2.34. The van der Waals surface area contributed by atoms with Crippen molar-refractivity contribution in [3.05, 3.63) is 35.9 Å². The highest BCUT2D eigenvalue weighted by molar-refractivity contribution is 5.97. The van der Waals surface area contributed by atoms with Gasteiger partial charge >= 0.3 is 0 Å². The molecule has 2 atom stereocenters. The van der Waals surface area contributed by atoms with Gasteiger partial charge in [-0.2, -0.15) is 0 Å². The largest absolute Gasteiger partial charge is 0.391 e. The fourth-order valence-electron chi connectivity index (χ4n) is 2.42. The van der Waals surface area contributed by atoms with Crippen molar-refractivity contribution in [3.8, 4) is 0 Å². The Morgan fingerprint density at radius 3 is 2.60 bits per heavy atom. The zero-order valence-corrected chi connectivity index (χ0v) is 11.8. The standard InChI is InChI=1S/C16H21NO3/c1-12-9-10-17(11-15(12)19)16(20)8-7-14(18)13-5-3-2-4-6-13/h2-6,12,15,19H,7-11H2,1H3. The predicted octanol–water partition coefficient (Wildman–Crippen LogP) is 1.88. The average Bonchev–Trinajstić information content (AvgIpc) is 2.48. The second-order valence-corrected chi connectivity index (χ2v) is 5.46. The maximum absolute atomic E-state index is 12.0. The van der Waals surface area contributed by atoms with E-state index in [9.17, 15) is 14.7 Å². The molecule has 1 aromatic carbocycles. The molecule has 0 saturated carbocycles. The van der Waals surface area contributed by atoms with Crippen LogP contribution in [0.2, 0.25) is 0 Å². The Kier molecular flexibility index (Phi) is 4.90. The molecule has 1 N–H and O–H groups in total. The Hall–Kier alpha value is -1.68. The fraction of sp³-hybridized carbons (Fsp3) is 0.500. The molecule has 0 aliphatic carbocycles. The highest BCUT2D eigenvalue weighted by Crippen LogP contribution is 2.18. The van der Waals surface area contributed by atoms with Gasteiger partial charge in [-0.15, -0.1) is 0 Å². The lowest BCUT2D eigenvalue weighted by Crippen LogP contribution is -2.45. The number of nitrogens with zero attached hydrogens (tertiary/aromatic N) is 1. The van der Waals surface area contributed by atoms with Gasteiger partial charge in [0.2, 0.25) is 5.91 Å². The minimum atomic E-state index is -0.447. The van der Waals surface area contributed by atoms with E-state index in [1.54, 1.807) is 17.0 Å². The number of aliphatic hydroxyl groups is 1. The summed E-state index contributed by atoms with van der Waals surface area (Å²) in [5.41, 5.74) is 0.646. The molecule has 4 heteroatoms. The molecule has 1 heterocycles. The number of hydrogen-bond acceptors (Lipinski definition) is 3. The quantitative estimate of drug-likeness (QED) is 0.854. The maximum Gasteiger partial charge on any atom is 0.223 e. The first kappa shape index (κ1) is 14.7. The molecule has 1 aliphatic rings. The van der Waals surface area contributed by atoms with Crippen molar-refractivity contribution >= 4 is 11.7 Å². The van der Waals surface area contributed by atoms with Crippen molar-refractivity contribution in [2.24, 2.45) is 5.92 Å². The molecule has 1 saturated heterocycles. The average molecular weight is 275 g/mol. The van der Waals surface area contributed by atoms with Crippen molar-refractivity contribution in [2.75, 3.05) is 13.1 Å². The lowest BCUT2D eigenvalue weighted by atomic mass is 9.95. The number of likely N-dealkylation sites (tertiary alicyclic amines) is 1. The van der Waals surface area contributed by atoms with Crippen molar-refractivity contribution < 1.29 is 14.7 Å². The van der Waals surface area contributed by atoms with E-state index < -0.39 is 6.10 Å². The van der Waals surface area contributed by atoms with Crippen LogP contribution in [0, 0.1) is 5.92 Å². The van der Waals surface area contributed by atoms with Gasteiger partial charge in [-0.3, -0.25) is 9.59 Å². The third-order valence-corrected chi connectivity index (χ3v) is 3.93. The topological polar surface area (TPSA) is 57.6 Å². The molecule has 1 fully saturated rings. The van der Waals surface area contributed by atoms with Gasteiger partial charge in [0.1, 0.15) is 0 Å². The predicted molar refractivity (Wildman–Crippen MR) is 76.4 cm³/mol. The number of carbonyl (C=O) groups is 2. The second-order valence-electron chi connectivity index (χ2n) is 5.46. The Morgan fingerprint density at radius 1 is 1.25 bits per heavy atom. The summed E-state index contributed by atoms with van der Waals surface area (Å²) in [5, 5.41) is 9.79. The summed E-state index contributed by atoms with van der Waals surface area (Å²) in [6.45, 7) is 3.06. The monoisotopic (exact) mass is 275 g/mol. The molecular formula is C16H21NO3. The summed E-state index contributed by atoms with van der Waals surface area (Å²) in [6.07, 6.45) is 0.817. The van der Waals surface area contributed by atoms with Crippen LogP contribution >= 0.6 is 0 Å². The molecule has 1 amide bonds. The normalized spacial score (nSPS) is 22.6. The molecule has 2 unspecified atom stereocenters. The number of amides is 1. The summed E-state index contributed by atoms with van der Waals surface area (Å²) >= 11 is 0. The maximum atomic E-state index is 12.0. The Labute approximate surface area is 119 Å². The zero-order valence-electron chi connectivity index (χ0n) is 11.8. The van der Waals surface area contributed by atoms with Crippen molar-refractivity contribution in [1.82, 2.24) is 4.90 Å². The molecule has 0 spiro atoms. The van der Waals surface area contributed by atoms with E-state index in [1.165, 1.54) is 0 Å². The number of benzene rings is 1. The Balaban J connectivity index is 1.82. The molecule has 4 nitrogen and oxygen atoms in total. The first-order valence-corrected chi connectivity index (χ1v) is 7.12. The summed E-state index contributed by atoms with van der Waals surface area (Å²) < 4.78 is 0. The van der Waals surface area contributed by atoms with Gasteiger partial charge < -0.3 is 10.0 Å². The van der Waals surface area contributed by atoms with Gasteiger partial charge in [0.15, 0.2) is 5.78 Å². The van der Waals surface area contributed by atoms with Crippen LogP contribution in [0.25, 0.3) is 0 Å². The number of rotatable bonds is 4. The molecule has 20 heavy (non-hydrogen) atoms. The van der Waals surface area contributed by atoms with Gasteiger partial charge in [0.25, 0.3) is 0 Å². The zero-order chi connectivity index (χ0) is 14.5. The third-order valence-electron chi connectivity index (χ3n) is 3.93. The number of ketones is 1. The molecule has 108 valence electrons. The van der Waals surface area contributed by atoms with E-state index in [0.29, 0.717) is 18.7 Å². The SMILES string of the molecule is CC1CCN(C(=O)CCC(=O)c2ccccc2)CC1O. The number of hydrogen-bond donors (Lipinski definition) is 1. The van der Waals surface area contributed by atoms with Crippen LogP contribution < -0.4 is 0 Å². The molecule has 0 bridgehead atoms. The highest BCUT2D eigenvalue weighted by atomic mass is 16.3. The van der Waals surface area contributed by atoms with E-state index in [2.05, 4.69) is 0 Å². The van der Waals surface area contributed by atoms with Gasteiger partial charge in [-0.25, -0.2) is 0 Å². The molecule has 0 aromatic heterocycles. The Bertz CT molecular complexity index is 472. The highest BCUT2D eigenvalue weighted by Gasteiger charge is 2.27. The van der Waals surface area contributed by atoms with Gasteiger partial charge in [-0.05, 0) is 12.3 Å². The van der Waals surface area contributed by atoms with Crippen LogP contribution in [0.1, 0.15) is 36.5 Å². The van der Waals surface area contributed by atoms with E-state index in [-0.39, 0.29) is 30.4 Å². The van der Waals surface area contributed by atoms with Crippen LogP contribution in [0.4, 0.5) is 0 Å². The number of Topliss-reactive ketones (excluding diaryl/α,β-unsaturated/α-hetero) is 1. The lowest BCUT2D eigenvalue weighted by molar-refractivity contribution is -0.135. The first-order valence-electron chi connectivity index (χ1n) is 7.12. The van der Waals surface area contributed by atoms with Crippen LogP contribution in [-0.2, 0) is 4.79 Å². The molecule has 1 aliphatic heterocycles. The molecule has 1 aromatic rings. The van der Waals surface area contributed by atoms with E-state index in [4.69, 9.17) is 0 Å². The van der Waals surface area contributed by atoms with Crippen molar-refractivity contribution in [1.29, 1.82) is 0 Å². The van der Waals surface area contributed by atoms with Crippen LogP contribution in [-0.4, -0.2) is 40.9 Å². The van der Waals surface area contributed by atoms with Crippen LogP contribution in [0.3, 0.4) is 0 Å². The minimum absolute atomic E-state index is 0.00937. The molecule has 2 rings (SSSR count). The number of piperidine rings is 1. The van der Waals surface area contributed by atoms with Gasteiger partial charge in [0, 0.05) is 31.5 Å². The summed E-state index contributed by atoms with van der Waals surface area (Å²) in [4.78, 5) is 25.6. The summed E-state index contributed by atoms with van der Waals surface area (Å²) in [5.74, 6) is 0.190. The van der Waals surface area contributed by atoms with Crippen LogP contribution in [0.5, 0.6) is 0 Å². The molecular weight excluding hydrogens is 254 g/mol. The second kappa shape index (κ2) is 6.66. The van der Waals surface area contributed by atoms with Gasteiger partial charge in [0.05, 0.1) is 6.10 Å². The van der Waals surface area contributed by atoms with Crippen LogP contribution in [0.15, 0.2) is 30.3 Å². The van der Waals surface area contributed by atoms with E-state index in [0.717, 1.165) is 6.42 Å². The minimum Gasteiger partial charge on any atom is -0.391 e. The number of carbonyl (C=O) groups excluding carboxylic acids is 2. The van der Waals surface area contributed by atoms with Crippen molar-refractivity contribution in [2.45, 2.75) is 32.3 Å². The molecule has 0 radical (unpaired) electrons. The Morgan fingerprint density at radius 2 is 1.95 bits per heavy atom. The first-order chi connectivity index (χ1) is 9.58. The third kappa shape index (κ3) is 3.67. The van der Waals surface area contributed by atoms with Crippen molar-refractivity contribution in [3.63, 3.8) is 0 Å². The summed E-state index contributed by atoms with van der Waals surface area (Å²) in [7, 11) is 0. The number of aliphatic hydroxyl groups excluding tert-OH is 1. The summed E-state index contributed by atoms with van der Waals surface area (Å²) in [6, 6.07) is 9.02. The van der Waals surface area contributed by atoms with E-state index >= 15 is 0 Å². The number of β-amino-alcohol motifs (C(OH)–C–C–N with tert-alkyl or cyclic N) is 1. The smallest absolute Gasteiger partial charge is 0.223 e. The fourth-order valence-corrected chi connectivity index (χ4v) is 2.42. The van der Waals surface area contributed by atoms with Gasteiger partial charge in [-0.1, -0.05) is 37.3 Å². The van der Waals surface area contributed by atoms with E-state index in [1.807, 2.05) is 25.1 Å².